The smallest absolute Gasteiger partial charge is 0.410 e. The summed E-state index contributed by atoms with van der Waals surface area (Å²) in [5, 5.41) is 14.5. The summed E-state index contributed by atoms with van der Waals surface area (Å²) in [6, 6.07) is 12.2. The zero-order valence-corrected chi connectivity index (χ0v) is 13.0. The summed E-state index contributed by atoms with van der Waals surface area (Å²) in [7, 11) is 0. The highest BCUT2D eigenvalue weighted by Crippen LogP contribution is 2.22. The SMILES string of the molecule is O=c1oc(Oc2ccc([N+](=O)[O-])cc2)nn1-c1ccc(Br)cc1. The van der Waals surface area contributed by atoms with Crippen molar-refractivity contribution in [3.63, 3.8) is 0 Å². The first-order valence-corrected chi connectivity index (χ1v) is 7.10. The fraction of sp³-hybridized carbons (Fsp3) is 0. The van der Waals surface area contributed by atoms with E-state index in [2.05, 4.69) is 21.0 Å². The molecule has 23 heavy (non-hydrogen) atoms. The molecule has 3 rings (SSSR count). The van der Waals surface area contributed by atoms with Crippen LogP contribution in [0.2, 0.25) is 0 Å². The van der Waals surface area contributed by atoms with Gasteiger partial charge in [0.2, 0.25) is 0 Å². The number of hydrogen-bond donors (Lipinski definition) is 0. The molecular weight excluding hydrogens is 370 g/mol. The number of ether oxygens (including phenoxy) is 1. The molecule has 0 aliphatic rings. The van der Waals surface area contributed by atoms with Crippen LogP contribution in [0.25, 0.3) is 5.69 Å². The molecule has 0 radical (unpaired) electrons. The normalized spacial score (nSPS) is 10.5. The van der Waals surface area contributed by atoms with Gasteiger partial charge in [-0.3, -0.25) is 10.1 Å². The van der Waals surface area contributed by atoms with E-state index in [-0.39, 0.29) is 17.5 Å². The predicted molar refractivity (Wildman–Crippen MR) is 83.0 cm³/mol. The van der Waals surface area contributed by atoms with E-state index in [1.165, 1.54) is 24.3 Å². The molecule has 0 bridgehead atoms. The average Bonchev–Trinajstić information content (AvgIpc) is 2.89. The summed E-state index contributed by atoms with van der Waals surface area (Å²) in [5.41, 5.74) is 0.444. The summed E-state index contributed by atoms with van der Waals surface area (Å²) < 4.78 is 12.1. The lowest BCUT2D eigenvalue weighted by molar-refractivity contribution is -0.384. The Balaban J connectivity index is 1.84. The molecule has 0 spiro atoms. The summed E-state index contributed by atoms with van der Waals surface area (Å²) >= 11 is 3.30. The van der Waals surface area contributed by atoms with Gasteiger partial charge in [0.05, 0.1) is 10.6 Å². The van der Waals surface area contributed by atoms with Crippen molar-refractivity contribution < 1.29 is 14.1 Å². The van der Waals surface area contributed by atoms with Crippen molar-refractivity contribution in [3.8, 4) is 17.5 Å². The van der Waals surface area contributed by atoms with E-state index >= 15 is 0 Å². The summed E-state index contributed by atoms with van der Waals surface area (Å²) in [4.78, 5) is 21.9. The topological polar surface area (TPSA) is 100 Å². The fourth-order valence-corrected chi connectivity index (χ4v) is 2.05. The van der Waals surface area contributed by atoms with Gasteiger partial charge >= 0.3 is 11.8 Å². The number of hydrogen-bond acceptors (Lipinski definition) is 6. The first kappa shape index (κ1) is 15.0. The minimum Gasteiger partial charge on any atom is -0.410 e. The monoisotopic (exact) mass is 377 g/mol. The largest absolute Gasteiger partial charge is 0.444 e. The highest BCUT2D eigenvalue weighted by Gasteiger charge is 2.13. The molecular formula is C14H8BrN3O5. The third-order valence-electron chi connectivity index (χ3n) is 2.85. The molecule has 0 fully saturated rings. The molecule has 8 nitrogen and oxygen atoms in total. The van der Waals surface area contributed by atoms with Crippen LogP contribution in [0.15, 0.2) is 62.2 Å². The predicted octanol–water partition coefficient (Wildman–Crippen LogP) is 3.29. The van der Waals surface area contributed by atoms with Gasteiger partial charge in [-0.2, -0.15) is 4.68 Å². The third-order valence-corrected chi connectivity index (χ3v) is 3.38. The Morgan fingerprint density at radius 3 is 2.39 bits per heavy atom. The second-order valence-electron chi connectivity index (χ2n) is 4.38. The fourth-order valence-electron chi connectivity index (χ4n) is 1.78. The van der Waals surface area contributed by atoms with Gasteiger partial charge in [-0.25, -0.2) is 4.79 Å². The molecule has 0 atom stereocenters. The number of nitro groups is 1. The van der Waals surface area contributed by atoms with Crippen LogP contribution in [-0.2, 0) is 0 Å². The third kappa shape index (κ3) is 3.29. The lowest BCUT2D eigenvalue weighted by Gasteiger charge is -1.99. The van der Waals surface area contributed by atoms with Crippen LogP contribution in [-0.4, -0.2) is 14.7 Å². The number of rotatable bonds is 4. The van der Waals surface area contributed by atoms with Gasteiger partial charge in [0, 0.05) is 16.6 Å². The molecule has 0 aliphatic heterocycles. The first-order valence-electron chi connectivity index (χ1n) is 6.31. The van der Waals surface area contributed by atoms with Crippen LogP contribution < -0.4 is 10.5 Å². The van der Waals surface area contributed by atoms with Gasteiger partial charge in [0.25, 0.3) is 5.69 Å². The zero-order valence-electron chi connectivity index (χ0n) is 11.4. The van der Waals surface area contributed by atoms with Crippen molar-refractivity contribution in [2.24, 2.45) is 0 Å². The highest BCUT2D eigenvalue weighted by atomic mass is 79.9. The van der Waals surface area contributed by atoms with Gasteiger partial charge in [0.15, 0.2) is 0 Å². The lowest BCUT2D eigenvalue weighted by atomic mass is 10.3. The van der Waals surface area contributed by atoms with E-state index in [0.29, 0.717) is 5.69 Å². The van der Waals surface area contributed by atoms with Gasteiger partial charge in [0.1, 0.15) is 5.75 Å². The zero-order chi connectivity index (χ0) is 16.4. The Labute approximate surface area is 137 Å². The van der Waals surface area contributed by atoms with Crippen molar-refractivity contribution in [1.82, 2.24) is 9.78 Å². The second-order valence-corrected chi connectivity index (χ2v) is 5.29. The minimum atomic E-state index is -0.704. The molecule has 0 amide bonds. The molecule has 3 aromatic rings. The van der Waals surface area contributed by atoms with Crippen LogP contribution in [0.3, 0.4) is 0 Å². The van der Waals surface area contributed by atoms with Crippen LogP contribution in [0.1, 0.15) is 0 Å². The molecule has 116 valence electrons. The molecule has 0 N–H and O–H groups in total. The number of aromatic nitrogens is 2. The first-order chi connectivity index (χ1) is 11.0. The Kier molecular flexibility index (Phi) is 3.94. The maximum atomic E-state index is 11.8. The Hall–Kier alpha value is -2.94. The number of nitro benzene ring substituents is 1. The number of non-ortho nitro benzene ring substituents is 1. The molecule has 0 saturated carbocycles. The quantitative estimate of drug-likeness (QED) is 0.510. The van der Waals surface area contributed by atoms with E-state index in [1.54, 1.807) is 24.3 Å². The van der Waals surface area contributed by atoms with Crippen LogP contribution in [0.4, 0.5) is 5.69 Å². The summed E-state index contributed by atoms with van der Waals surface area (Å²) in [5.74, 6) is -0.441. The number of benzene rings is 2. The average molecular weight is 378 g/mol. The lowest BCUT2D eigenvalue weighted by Crippen LogP contribution is -2.13. The van der Waals surface area contributed by atoms with Gasteiger partial charge < -0.3 is 9.15 Å². The molecule has 1 aromatic heterocycles. The summed E-state index contributed by atoms with van der Waals surface area (Å²) in [6.07, 6.45) is -0.258. The highest BCUT2D eigenvalue weighted by molar-refractivity contribution is 9.10. The second kappa shape index (κ2) is 6.05. The van der Waals surface area contributed by atoms with Crippen LogP contribution in [0, 0.1) is 10.1 Å². The van der Waals surface area contributed by atoms with E-state index in [4.69, 9.17) is 9.15 Å². The minimum absolute atomic E-state index is 0.0702. The van der Waals surface area contributed by atoms with E-state index < -0.39 is 10.7 Å². The standard InChI is InChI=1S/C14H8BrN3O5/c15-9-1-3-10(4-2-9)17-14(19)23-13(16-17)22-12-7-5-11(6-8-12)18(20)21/h1-8H. The number of halogens is 1. The van der Waals surface area contributed by atoms with Crippen LogP contribution >= 0.6 is 15.9 Å². The van der Waals surface area contributed by atoms with Crippen LogP contribution in [0.5, 0.6) is 11.8 Å². The molecule has 9 heteroatoms. The van der Waals surface area contributed by atoms with Crippen molar-refractivity contribution in [1.29, 1.82) is 0 Å². The van der Waals surface area contributed by atoms with Gasteiger partial charge in [-0.1, -0.05) is 21.0 Å². The van der Waals surface area contributed by atoms with E-state index in [1.807, 2.05) is 0 Å². The molecule has 0 unspecified atom stereocenters. The van der Waals surface area contributed by atoms with Crippen molar-refractivity contribution in [2.45, 2.75) is 0 Å². The Morgan fingerprint density at radius 2 is 1.78 bits per heavy atom. The summed E-state index contributed by atoms with van der Waals surface area (Å²) in [6.45, 7) is 0. The molecule has 0 aliphatic carbocycles. The maximum Gasteiger partial charge on any atom is 0.444 e. The van der Waals surface area contributed by atoms with Crippen molar-refractivity contribution >= 4 is 21.6 Å². The van der Waals surface area contributed by atoms with Crippen molar-refractivity contribution in [2.75, 3.05) is 0 Å². The number of nitrogens with zero attached hydrogens (tertiary/aromatic N) is 3. The molecule has 0 saturated heterocycles. The molecule has 1 heterocycles. The van der Waals surface area contributed by atoms with Gasteiger partial charge in [-0.15, -0.1) is 0 Å². The Bertz CT molecular complexity index is 899. The van der Waals surface area contributed by atoms with E-state index in [0.717, 1.165) is 9.15 Å². The van der Waals surface area contributed by atoms with E-state index in [9.17, 15) is 14.9 Å². The Morgan fingerprint density at radius 1 is 1.13 bits per heavy atom. The maximum absolute atomic E-state index is 11.8. The van der Waals surface area contributed by atoms with Gasteiger partial charge in [-0.05, 0) is 36.4 Å². The molecule has 2 aromatic carbocycles. The van der Waals surface area contributed by atoms with Crippen molar-refractivity contribution in [3.05, 3.63) is 73.7 Å².